The molecule has 1 aromatic carbocycles. The van der Waals surface area contributed by atoms with Crippen molar-refractivity contribution in [2.75, 3.05) is 32.1 Å². The standard InChI is InChI=1S/C28H41N5O5/c1-7-8-21(29-18(4)34)27(37)33-16-24(35)25-23(33)13-14-32(25)28(38)22(15-17(2)3)30-26(36)19-9-11-20(12-10-19)31(5)6/h9-12,17,21-23,25H,7-8,13-16H2,1-6H3,(H,29,34)(H,30,36)/t21-,22-,23?,25-/m0/s1. The number of Topliss-reactive ketones (excluding diaryl/α,β-unsaturated/α-hetero) is 1. The minimum absolute atomic E-state index is 0.0861. The molecule has 2 fully saturated rings. The lowest BCUT2D eigenvalue weighted by Crippen LogP contribution is -2.53. The van der Waals surface area contributed by atoms with Crippen LogP contribution >= 0.6 is 0 Å². The van der Waals surface area contributed by atoms with Crippen molar-refractivity contribution in [1.82, 2.24) is 20.4 Å². The number of likely N-dealkylation sites (tertiary alicyclic amines) is 2. The molecule has 1 unspecified atom stereocenters. The fraction of sp³-hybridized carbons (Fsp3) is 0.607. The van der Waals surface area contributed by atoms with Crippen LogP contribution in [0.1, 0.15) is 63.7 Å². The highest BCUT2D eigenvalue weighted by Crippen LogP contribution is 2.31. The third kappa shape index (κ3) is 6.52. The van der Waals surface area contributed by atoms with E-state index in [-0.39, 0.29) is 41.9 Å². The number of nitrogens with zero attached hydrogens (tertiary/aromatic N) is 3. The first-order valence-electron chi connectivity index (χ1n) is 13.4. The van der Waals surface area contributed by atoms with Gasteiger partial charge < -0.3 is 25.3 Å². The number of amides is 4. The smallest absolute Gasteiger partial charge is 0.251 e. The van der Waals surface area contributed by atoms with Crippen LogP contribution in [0.5, 0.6) is 0 Å². The zero-order chi connectivity index (χ0) is 28.1. The number of anilines is 1. The summed E-state index contributed by atoms with van der Waals surface area (Å²) in [4.78, 5) is 69.8. The van der Waals surface area contributed by atoms with E-state index in [0.29, 0.717) is 37.8 Å². The van der Waals surface area contributed by atoms with Gasteiger partial charge in [-0.05, 0) is 49.4 Å². The lowest BCUT2D eigenvalue weighted by Gasteiger charge is -2.30. The lowest BCUT2D eigenvalue weighted by molar-refractivity contribution is -0.138. The van der Waals surface area contributed by atoms with Crippen LogP contribution in [0.3, 0.4) is 0 Å². The van der Waals surface area contributed by atoms with Crippen LogP contribution in [0.4, 0.5) is 5.69 Å². The molecule has 1 aromatic rings. The van der Waals surface area contributed by atoms with Crippen molar-refractivity contribution in [3.8, 4) is 0 Å². The number of fused-ring (bicyclic) bond motifs is 1. The Balaban J connectivity index is 1.76. The Bertz CT molecular complexity index is 1050. The molecule has 208 valence electrons. The SMILES string of the molecule is CCC[C@H](NC(C)=O)C(=O)N1CC(=O)[C@@H]2C1CCN2C(=O)[C@H](CC(C)C)NC(=O)c1ccc(N(C)C)cc1. The molecule has 2 aliphatic heterocycles. The van der Waals surface area contributed by atoms with Gasteiger partial charge in [0.2, 0.25) is 17.7 Å². The summed E-state index contributed by atoms with van der Waals surface area (Å²) >= 11 is 0. The Morgan fingerprint density at radius 3 is 2.18 bits per heavy atom. The zero-order valence-electron chi connectivity index (χ0n) is 23.3. The quantitative estimate of drug-likeness (QED) is 0.477. The van der Waals surface area contributed by atoms with Crippen molar-refractivity contribution >= 4 is 35.1 Å². The van der Waals surface area contributed by atoms with Crippen molar-refractivity contribution in [3.05, 3.63) is 29.8 Å². The summed E-state index contributed by atoms with van der Waals surface area (Å²) in [6.45, 7) is 7.48. The van der Waals surface area contributed by atoms with E-state index >= 15 is 0 Å². The van der Waals surface area contributed by atoms with Gasteiger partial charge >= 0.3 is 0 Å². The minimum Gasteiger partial charge on any atom is -0.378 e. The molecule has 2 aliphatic rings. The van der Waals surface area contributed by atoms with Gasteiger partial charge in [-0.2, -0.15) is 0 Å². The molecule has 3 rings (SSSR count). The number of hydrogen-bond acceptors (Lipinski definition) is 6. The second kappa shape index (κ2) is 12.4. The number of carbonyl (C=O) groups excluding carboxylic acids is 5. The predicted molar refractivity (Wildman–Crippen MR) is 145 cm³/mol. The van der Waals surface area contributed by atoms with E-state index in [0.717, 1.165) is 5.69 Å². The highest BCUT2D eigenvalue weighted by molar-refractivity contribution is 6.01. The summed E-state index contributed by atoms with van der Waals surface area (Å²) in [5.41, 5.74) is 1.41. The van der Waals surface area contributed by atoms with Gasteiger partial charge in [0, 0.05) is 38.8 Å². The van der Waals surface area contributed by atoms with E-state index in [1.165, 1.54) is 16.7 Å². The molecule has 0 aromatic heterocycles. The van der Waals surface area contributed by atoms with Gasteiger partial charge in [-0.25, -0.2) is 0 Å². The minimum atomic E-state index is -0.792. The summed E-state index contributed by atoms with van der Waals surface area (Å²) in [7, 11) is 3.83. The molecule has 4 amide bonds. The van der Waals surface area contributed by atoms with Gasteiger partial charge in [0.1, 0.15) is 18.1 Å². The van der Waals surface area contributed by atoms with Crippen molar-refractivity contribution in [2.24, 2.45) is 5.92 Å². The number of ketones is 1. The molecule has 0 radical (unpaired) electrons. The third-order valence-corrected chi connectivity index (χ3v) is 7.20. The summed E-state index contributed by atoms with van der Waals surface area (Å²) in [6.07, 6.45) is 2.07. The lowest BCUT2D eigenvalue weighted by atomic mass is 10.0. The van der Waals surface area contributed by atoms with E-state index in [2.05, 4.69) is 10.6 Å². The molecule has 2 N–H and O–H groups in total. The fourth-order valence-electron chi connectivity index (χ4n) is 5.40. The van der Waals surface area contributed by atoms with Crippen LogP contribution in [-0.4, -0.2) is 90.6 Å². The molecule has 38 heavy (non-hydrogen) atoms. The summed E-state index contributed by atoms with van der Waals surface area (Å²) in [6, 6.07) is 4.47. The molecular weight excluding hydrogens is 486 g/mol. The van der Waals surface area contributed by atoms with Crippen molar-refractivity contribution in [3.63, 3.8) is 0 Å². The van der Waals surface area contributed by atoms with Crippen molar-refractivity contribution in [1.29, 1.82) is 0 Å². The van der Waals surface area contributed by atoms with Gasteiger partial charge in [-0.15, -0.1) is 0 Å². The Kier molecular flexibility index (Phi) is 9.51. The zero-order valence-corrected chi connectivity index (χ0v) is 23.3. The second-order valence-electron chi connectivity index (χ2n) is 10.9. The van der Waals surface area contributed by atoms with Gasteiger partial charge in [0.25, 0.3) is 5.91 Å². The van der Waals surface area contributed by atoms with Crippen LogP contribution in [-0.2, 0) is 19.2 Å². The third-order valence-electron chi connectivity index (χ3n) is 7.20. The Morgan fingerprint density at radius 2 is 1.63 bits per heavy atom. The van der Waals surface area contributed by atoms with Crippen LogP contribution in [0, 0.1) is 5.92 Å². The number of rotatable bonds is 10. The van der Waals surface area contributed by atoms with E-state index < -0.39 is 24.2 Å². The number of benzene rings is 1. The molecule has 0 aliphatic carbocycles. The molecule has 0 spiro atoms. The largest absolute Gasteiger partial charge is 0.378 e. The highest BCUT2D eigenvalue weighted by Gasteiger charge is 2.53. The molecule has 10 nitrogen and oxygen atoms in total. The van der Waals surface area contributed by atoms with Crippen LogP contribution in [0.15, 0.2) is 24.3 Å². The number of hydrogen-bond donors (Lipinski definition) is 2. The Morgan fingerprint density at radius 1 is 1.00 bits per heavy atom. The van der Waals surface area contributed by atoms with Gasteiger partial charge in [0.15, 0.2) is 5.78 Å². The highest BCUT2D eigenvalue weighted by atomic mass is 16.2. The average Bonchev–Trinajstić information content (AvgIpc) is 3.43. The average molecular weight is 528 g/mol. The maximum Gasteiger partial charge on any atom is 0.251 e. The van der Waals surface area contributed by atoms with Gasteiger partial charge in [-0.1, -0.05) is 27.2 Å². The molecule has 10 heteroatoms. The molecule has 4 atom stereocenters. The van der Waals surface area contributed by atoms with E-state index in [4.69, 9.17) is 0 Å². The van der Waals surface area contributed by atoms with Crippen LogP contribution < -0.4 is 15.5 Å². The topological polar surface area (TPSA) is 119 Å². The summed E-state index contributed by atoms with van der Waals surface area (Å²) < 4.78 is 0. The first-order chi connectivity index (χ1) is 17.9. The monoisotopic (exact) mass is 527 g/mol. The second-order valence-corrected chi connectivity index (χ2v) is 10.9. The molecule has 2 saturated heterocycles. The Labute approximate surface area is 225 Å². The van der Waals surface area contributed by atoms with E-state index in [1.54, 1.807) is 12.1 Å². The van der Waals surface area contributed by atoms with Gasteiger partial charge in [0.05, 0.1) is 12.6 Å². The first kappa shape index (κ1) is 29.1. The summed E-state index contributed by atoms with van der Waals surface area (Å²) in [5.74, 6) is -1.31. The Hall–Kier alpha value is -3.43. The molecular formula is C28H41N5O5. The van der Waals surface area contributed by atoms with Crippen LogP contribution in [0.2, 0.25) is 0 Å². The number of carbonyl (C=O) groups is 5. The number of nitrogens with one attached hydrogen (secondary N) is 2. The van der Waals surface area contributed by atoms with Crippen molar-refractivity contribution < 1.29 is 24.0 Å². The predicted octanol–water partition coefficient (Wildman–Crippen LogP) is 1.58. The normalized spacial score (nSPS) is 20.2. The fourth-order valence-corrected chi connectivity index (χ4v) is 5.40. The molecule has 0 bridgehead atoms. The maximum absolute atomic E-state index is 13.7. The van der Waals surface area contributed by atoms with Gasteiger partial charge in [-0.3, -0.25) is 24.0 Å². The molecule has 0 saturated carbocycles. The summed E-state index contributed by atoms with van der Waals surface area (Å²) in [5, 5.41) is 5.59. The molecule has 2 heterocycles. The van der Waals surface area contributed by atoms with E-state index in [9.17, 15) is 24.0 Å². The van der Waals surface area contributed by atoms with Crippen molar-refractivity contribution in [2.45, 2.75) is 77.5 Å². The van der Waals surface area contributed by atoms with E-state index in [1.807, 2.05) is 51.9 Å². The maximum atomic E-state index is 13.7. The first-order valence-corrected chi connectivity index (χ1v) is 13.4. The van der Waals surface area contributed by atoms with Crippen LogP contribution in [0.25, 0.3) is 0 Å².